The fraction of sp³-hybridized carbons (Fsp3) is 0.600. The Morgan fingerprint density at radius 2 is 1.67 bits per heavy atom. The van der Waals surface area contributed by atoms with Crippen molar-refractivity contribution in [3.63, 3.8) is 0 Å². The number of ether oxygens (including phenoxy) is 2. The van der Waals surface area contributed by atoms with Crippen molar-refractivity contribution in [3.05, 3.63) is 35.9 Å². The molecule has 0 bridgehead atoms. The summed E-state index contributed by atoms with van der Waals surface area (Å²) in [6.07, 6.45) is 1.40. The van der Waals surface area contributed by atoms with E-state index in [1.54, 1.807) is 27.7 Å². The summed E-state index contributed by atoms with van der Waals surface area (Å²) in [5.41, 5.74) is 0.0773. The molecule has 0 spiro atoms. The summed E-state index contributed by atoms with van der Waals surface area (Å²) >= 11 is 0. The van der Waals surface area contributed by atoms with Gasteiger partial charge in [0, 0.05) is 13.1 Å². The zero-order valence-electron chi connectivity index (χ0n) is 20.5. The molecule has 184 valence electrons. The van der Waals surface area contributed by atoms with Gasteiger partial charge in [0.25, 0.3) is 0 Å². The van der Waals surface area contributed by atoms with Gasteiger partial charge in [0.15, 0.2) is 0 Å². The molecule has 1 aromatic carbocycles. The largest absolute Gasteiger partial charge is 0.466 e. The van der Waals surface area contributed by atoms with Crippen LogP contribution in [0.4, 0.5) is 0 Å². The van der Waals surface area contributed by atoms with Crippen molar-refractivity contribution in [2.45, 2.75) is 78.4 Å². The highest BCUT2D eigenvalue weighted by molar-refractivity contribution is 5.91. The van der Waals surface area contributed by atoms with E-state index < -0.39 is 29.5 Å². The van der Waals surface area contributed by atoms with Gasteiger partial charge < -0.3 is 19.7 Å². The van der Waals surface area contributed by atoms with Crippen molar-refractivity contribution >= 4 is 23.8 Å². The average Bonchev–Trinajstić information content (AvgIpc) is 2.72. The lowest BCUT2D eigenvalue weighted by atomic mass is 10.1. The van der Waals surface area contributed by atoms with Gasteiger partial charge in [-0.15, -0.1) is 0 Å². The Balaban J connectivity index is 2.99. The van der Waals surface area contributed by atoms with Gasteiger partial charge in [0.1, 0.15) is 11.6 Å². The first kappa shape index (κ1) is 28.1. The Bertz CT molecular complexity index is 773. The molecule has 0 saturated heterocycles. The zero-order valence-corrected chi connectivity index (χ0v) is 20.5. The topological polar surface area (TPSA) is 102 Å². The van der Waals surface area contributed by atoms with Crippen molar-refractivity contribution in [3.8, 4) is 0 Å². The molecule has 33 heavy (non-hydrogen) atoms. The molecule has 8 nitrogen and oxygen atoms in total. The van der Waals surface area contributed by atoms with Crippen molar-refractivity contribution in [2.24, 2.45) is 0 Å². The van der Waals surface area contributed by atoms with Crippen molar-refractivity contribution in [1.29, 1.82) is 0 Å². The highest BCUT2D eigenvalue weighted by Gasteiger charge is 2.30. The first-order valence-electron chi connectivity index (χ1n) is 11.5. The second kappa shape index (κ2) is 14.3. The van der Waals surface area contributed by atoms with E-state index >= 15 is 0 Å². The first-order chi connectivity index (χ1) is 15.6. The Kier molecular flexibility index (Phi) is 12.2. The summed E-state index contributed by atoms with van der Waals surface area (Å²) in [6, 6.07) is 8.05. The summed E-state index contributed by atoms with van der Waals surface area (Å²) in [7, 11) is 0. The first-order valence-corrected chi connectivity index (χ1v) is 11.5. The normalized spacial score (nSPS) is 11.9. The van der Waals surface area contributed by atoms with Crippen LogP contribution in [0.1, 0.15) is 65.9 Å². The highest BCUT2D eigenvalue weighted by Crippen LogP contribution is 2.12. The molecule has 0 aromatic heterocycles. The number of nitrogens with one attached hydrogen (secondary N) is 1. The Morgan fingerprint density at radius 3 is 2.24 bits per heavy atom. The van der Waals surface area contributed by atoms with Crippen LogP contribution in [-0.2, 0) is 35.1 Å². The summed E-state index contributed by atoms with van der Waals surface area (Å²) in [4.78, 5) is 51.9. The molecule has 0 aliphatic heterocycles. The third-order valence-electron chi connectivity index (χ3n) is 4.62. The maximum absolute atomic E-state index is 13.4. The van der Waals surface area contributed by atoms with Crippen molar-refractivity contribution < 1.29 is 28.7 Å². The van der Waals surface area contributed by atoms with E-state index in [0.717, 1.165) is 18.4 Å². The van der Waals surface area contributed by atoms with Crippen molar-refractivity contribution in [2.75, 3.05) is 19.7 Å². The number of unbranched alkanes of at least 4 members (excludes halogenated alkanes) is 1. The van der Waals surface area contributed by atoms with Crippen LogP contribution in [0.2, 0.25) is 0 Å². The van der Waals surface area contributed by atoms with Gasteiger partial charge in [0.2, 0.25) is 11.8 Å². The van der Waals surface area contributed by atoms with Crippen LogP contribution >= 0.6 is 0 Å². The summed E-state index contributed by atoms with van der Waals surface area (Å²) in [6.45, 7) is 9.75. The van der Waals surface area contributed by atoms with E-state index in [4.69, 9.17) is 9.47 Å². The molecular weight excluding hydrogens is 424 g/mol. The molecule has 0 heterocycles. The van der Waals surface area contributed by atoms with Crippen LogP contribution in [-0.4, -0.2) is 60.0 Å². The molecule has 1 N–H and O–H groups in total. The van der Waals surface area contributed by atoms with Gasteiger partial charge in [-0.2, -0.15) is 0 Å². The van der Waals surface area contributed by atoms with Crippen LogP contribution in [0.5, 0.6) is 0 Å². The molecule has 0 radical (unpaired) electrons. The number of carbonyl (C=O) groups excluding carboxylic acids is 4. The van der Waals surface area contributed by atoms with Gasteiger partial charge in [-0.1, -0.05) is 43.7 Å². The molecule has 1 rings (SSSR count). The number of carbonyl (C=O) groups is 4. The molecule has 0 aliphatic carbocycles. The molecule has 1 atom stereocenters. The average molecular weight is 463 g/mol. The predicted molar refractivity (Wildman–Crippen MR) is 125 cm³/mol. The molecule has 0 saturated carbocycles. The number of amides is 2. The Labute approximate surface area is 197 Å². The third kappa shape index (κ3) is 12.1. The summed E-state index contributed by atoms with van der Waals surface area (Å²) < 4.78 is 10.3. The standard InChI is InChI=1S/C25H38N2O6/c1-6-8-15-27(16-14-22(29)32-7-2)24(31)20(18-23(30)33-25(3,4)5)26-21(28)17-19-12-10-9-11-13-19/h9-13,20H,6-8,14-18H2,1-5H3,(H,26,28)/t20-/m0/s1. The molecule has 8 heteroatoms. The molecule has 2 amide bonds. The molecule has 0 fully saturated rings. The van der Waals surface area contributed by atoms with Gasteiger partial charge in [0.05, 0.1) is 25.9 Å². The number of nitrogens with zero attached hydrogens (tertiary/aromatic N) is 1. The number of rotatable bonds is 13. The molecule has 1 aromatic rings. The maximum atomic E-state index is 13.4. The van der Waals surface area contributed by atoms with Crippen LogP contribution in [0, 0.1) is 0 Å². The minimum Gasteiger partial charge on any atom is -0.466 e. The Hall–Kier alpha value is -2.90. The number of benzene rings is 1. The third-order valence-corrected chi connectivity index (χ3v) is 4.62. The highest BCUT2D eigenvalue weighted by atomic mass is 16.6. The van der Waals surface area contributed by atoms with Gasteiger partial charge in [-0.05, 0) is 39.7 Å². The van der Waals surface area contributed by atoms with E-state index in [1.165, 1.54) is 4.90 Å². The monoisotopic (exact) mass is 462 g/mol. The minimum atomic E-state index is -1.09. The van der Waals surface area contributed by atoms with E-state index in [9.17, 15) is 19.2 Å². The lowest BCUT2D eigenvalue weighted by molar-refractivity contribution is -0.158. The van der Waals surface area contributed by atoms with Gasteiger partial charge in [-0.3, -0.25) is 19.2 Å². The predicted octanol–water partition coefficient (Wildman–Crippen LogP) is 3.03. The number of esters is 2. The van der Waals surface area contributed by atoms with Crippen LogP contribution in [0.15, 0.2) is 30.3 Å². The van der Waals surface area contributed by atoms with Crippen LogP contribution < -0.4 is 5.32 Å². The van der Waals surface area contributed by atoms with E-state index in [0.29, 0.717) is 6.54 Å². The van der Waals surface area contributed by atoms with E-state index in [-0.39, 0.29) is 38.3 Å². The quantitative estimate of drug-likeness (QED) is 0.452. The number of hydrogen-bond donors (Lipinski definition) is 1. The smallest absolute Gasteiger partial charge is 0.308 e. The van der Waals surface area contributed by atoms with Gasteiger partial charge in [-0.25, -0.2) is 0 Å². The minimum absolute atomic E-state index is 0.0421. The molecule has 0 aliphatic rings. The van der Waals surface area contributed by atoms with Gasteiger partial charge >= 0.3 is 11.9 Å². The second-order valence-electron chi connectivity index (χ2n) is 8.81. The van der Waals surface area contributed by atoms with Crippen molar-refractivity contribution in [1.82, 2.24) is 10.2 Å². The summed E-state index contributed by atoms with van der Waals surface area (Å²) in [5.74, 6) is -1.77. The maximum Gasteiger partial charge on any atom is 0.308 e. The summed E-state index contributed by atoms with van der Waals surface area (Å²) in [5, 5.41) is 2.70. The van der Waals surface area contributed by atoms with Crippen LogP contribution in [0.25, 0.3) is 0 Å². The van der Waals surface area contributed by atoms with E-state index in [2.05, 4.69) is 5.32 Å². The fourth-order valence-corrected chi connectivity index (χ4v) is 3.14. The SMILES string of the molecule is CCCCN(CCC(=O)OCC)C(=O)[C@H](CC(=O)OC(C)(C)C)NC(=O)Cc1ccccc1. The zero-order chi connectivity index (χ0) is 24.9. The lowest BCUT2D eigenvalue weighted by Gasteiger charge is -2.28. The Morgan fingerprint density at radius 1 is 1.00 bits per heavy atom. The van der Waals surface area contributed by atoms with E-state index in [1.807, 2.05) is 37.3 Å². The molecule has 0 unspecified atom stereocenters. The fourth-order valence-electron chi connectivity index (χ4n) is 3.14. The lowest BCUT2D eigenvalue weighted by Crippen LogP contribution is -2.51. The van der Waals surface area contributed by atoms with Crippen LogP contribution in [0.3, 0.4) is 0 Å². The number of hydrogen-bond acceptors (Lipinski definition) is 6. The second-order valence-corrected chi connectivity index (χ2v) is 8.81. The molecular formula is C25H38N2O6.